The number of thiophene rings is 1. The van der Waals surface area contributed by atoms with Gasteiger partial charge in [0.15, 0.2) is 0 Å². The highest BCUT2D eigenvalue weighted by atomic mass is 32.1. The van der Waals surface area contributed by atoms with E-state index in [4.69, 9.17) is 0 Å². The third-order valence-corrected chi connectivity index (χ3v) is 7.01. The topological polar surface area (TPSA) is 35.6 Å². The zero-order valence-electron chi connectivity index (χ0n) is 16.8. The lowest BCUT2D eigenvalue weighted by Crippen LogP contribution is -2.39. The maximum atomic E-state index is 12.5. The molecule has 0 saturated carbocycles. The van der Waals surface area contributed by atoms with Gasteiger partial charge in [-0.2, -0.15) is 0 Å². The fourth-order valence-corrected chi connectivity index (χ4v) is 5.34. The largest absolute Gasteiger partial charge is 0.351 e. The van der Waals surface area contributed by atoms with E-state index < -0.39 is 0 Å². The molecule has 1 fully saturated rings. The Bertz CT molecular complexity index is 803. The van der Waals surface area contributed by atoms with Gasteiger partial charge in [0.05, 0.1) is 6.54 Å². The van der Waals surface area contributed by atoms with E-state index in [1.54, 1.807) is 0 Å². The van der Waals surface area contributed by atoms with Crippen molar-refractivity contribution < 1.29 is 4.79 Å². The second-order valence-corrected chi connectivity index (χ2v) is 9.36. The molecule has 1 aromatic heterocycles. The van der Waals surface area contributed by atoms with Gasteiger partial charge in [0.2, 0.25) is 5.91 Å². The molecule has 150 valence electrons. The van der Waals surface area contributed by atoms with E-state index in [2.05, 4.69) is 57.8 Å². The molecule has 3 heterocycles. The lowest BCUT2D eigenvalue weighted by atomic mass is 9.99. The molecule has 1 atom stereocenters. The van der Waals surface area contributed by atoms with E-state index in [1.165, 1.54) is 47.5 Å². The number of likely N-dealkylation sites (tertiary alicyclic amines) is 1. The average Bonchev–Trinajstić information content (AvgIpc) is 3.15. The maximum Gasteiger partial charge on any atom is 0.234 e. The Balaban J connectivity index is 1.29. The highest BCUT2D eigenvalue weighted by Crippen LogP contribution is 2.24. The van der Waals surface area contributed by atoms with Crippen LogP contribution in [-0.4, -0.2) is 41.9 Å². The number of carbonyl (C=O) groups excluding carboxylic acids is 1. The Morgan fingerprint density at radius 2 is 2.04 bits per heavy atom. The molecule has 0 spiro atoms. The van der Waals surface area contributed by atoms with Gasteiger partial charge in [-0.15, -0.1) is 11.3 Å². The van der Waals surface area contributed by atoms with E-state index in [1.807, 2.05) is 11.3 Å². The predicted octanol–water partition coefficient (Wildman–Crippen LogP) is 3.65. The van der Waals surface area contributed by atoms with Gasteiger partial charge in [-0.1, -0.05) is 31.2 Å². The molecule has 28 heavy (non-hydrogen) atoms. The van der Waals surface area contributed by atoms with Crippen molar-refractivity contribution in [2.45, 2.75) is 45.8 Å². The molecule has 1 aromatic carbocycles. The van der Waals surface area contributed by atoms with Crippen molar-refractivity contribution in [1.29, 1.82) is 0 Å². The summed E-state index contributed by atoms with van der Waals surface area (Å²) in [5.41, 5.74) is 3.98. The quantitative estimate of drug-likeness (QED) is 0.808. The zero-order chi connectivity index (χ0) is 19.3. The van der Waals surface area contributed by atoms with Crippen LogP contribution < -0.4 is 5.32 Å². The summed E-state index contributed by atoms with van der Waals surface area (Å²) < 4.78 is 0. The monoisotopic (exact) mass is 397 g/mol. The van der Waals surface area contributed by atoms with Gasteiger partial charge in [-0.05, 0) is 59.9 Å². The van der Waals surface area contributed by atoms with Crippen LogP contribution in [0.25, 0.3) is 0 Å². The van der Waals surface area contributed by atoms with Gasteiger partial charge >= 0.3 is 0 Å². The highest BCUT2D eigenvalue weighted by molar-refractivity contribution is 7.10. The fraction of sp³-hybridized carbons (Fsp3) is 0.522. The standard InChI is InChI=1S/C23H31N3OS/c1-18-5-4-10-25(14-18)15-20-7-3-2-6-19(20)13-24-23(27)17-26-11-8-22-21(16-26)9-12-28-22/h2-3,6-7,9,12,18H,4-5,8,10-11,13-17H2,1H3,(H,24,27). The third kappa shape index (κ3) is 5.02. The summed E-state index contributed by atoms with van der Waals surface area (Å²) in [6.45, 7) is 8.68. The van der Waals surface area contributed by atoms with Crippen LogP contribution in [0.5, 0.6) is 0 Å². The second-order valence-electron chi connectivity index (χ2n) is 8.36. The van der Waals surface area contributed by atoms with E-state index >= 15 is 0 Å². The molecule has 1 amide bonds. The van der Waals surface area contributed by atoms with Crippen LogP contribution in [-0.2, 0) is 30.8 Å². The Morgan fingerprint density at radius 1 is 1.18 bits per heavy atom. The van der Waals surface area contributed by atoms with E-state index in [-0.39, 0.29) is 5.91 Å². The number of piperidine rings is 1. The van der Waals surface area contributed by atoms with Crippen LogP contribution in [0.15, 0.2) is 35.7 Å². The van der Waals surface area contributed by atoms with Crippen LogP contribution in [0.2, 0.25) is 0 Å². The van der Waals surface area contributed by atoms with Crippen LogP contribution in [0.1, 0.15) is 41.3 Å². The first-order chi connectivity index (χ1) is 13.7. The molecule has 4 rings (SSSR count). The smallest absolute Gasteiger partial charge is 0.234 e. The van der Waals surface area contributed by atoms with Gasteiger partial charge in [-0.3, -0.25) is 14.6 Å². The van der Waals surface area contributed by atoms with Crippen LogP contribution in [0.4, 0.5) is 0 Å². The maximum absolute atomic E-state index is 12.5. The van der Waals surface area contributed by atoms with Crippen molar-refractivity contribution in [1.82, 2.24) is 15.1 Å². The lowest BCUT2D eigenvalue weighted by Gasteiger charge is -2.31. The molecule has 2 aromatic rings. The number of nitrogens with zero attached hydrogens (tertiary/aromatic N) is 2. The first-order valence-corrected chi connectivity index (χ1v) is 11.4. The molecule has 0 bridgehead atoms. The van der Waals surface area contributed by atoms with Gasteiger partial charge in [0, 0.05) is 37.6 Å². The molecular formula is C23H31N3OS. The summed E-state index contributed by atoms with van der Waals surface area (Å²) in [4.78, 5) is 18.8. The number of fused-ring (bicyclic) bond motifs is 1. The number of carbonyl (C=O) groups is 1. The van der Waals surface area contributed by atoms with Gasteiger partial charge in [0.1, 0.15) is 0 Å². The van der Waals surface area contributed by atoms with Crippen molar-refractivity contribution in [2.75, 3.05) is 26.2 Å². The van der Waals surface area contributed by atoms with Crippen LogP contribution >= 0.6 is 11.3 Å². The molecule has 5 heteroatoms. The molecule has 0 aliphatic carbocycles. The fourth-order valence-electron chi connectivity index (χ4n) is 4.45. The molecule has 2 aliphatic heterocycles. The van der Waals surface area contributed by atoms with Gasteiger partial charge < -0.3 is 5.32 Å². The Kier molecular flexibility index (Phi) is 6.45. The number of amides is 1. The summed E-state index contributed by atoms with van der Waals surface area (Å²) in [6.07, 6.45) is 3.71. The number of benzene rings is 1. The molecule has 1 N–H and O–H groups in total. The number of hydrogen-bond acceptors (Lipinski definition) is 4. The second kappa shape index (κ2) is 9.21. The van der Waals surface area contributed by atoms with Crippen molar-refractivity contribution in [3.63, 3.8) is 0 Å². The van der Waals surface area contributed by atoms with Crippen molar-refractivity contribution in [2.24, 2.45) is 5.92 Å². The lowest BCUT2D eigenvalue weighted by molar-refractivity contribution is -0.122. The van der Waals surface area contributed by atoms with Crippen LogP contribution in [0, 0.1) is 5.92 Å². The number of hydrogen-bond donors (Lipinski definition) is 1. The molecule has 0 radical (unpaired) electrons. The first kappa shape index (κ1) is 19.6. The summed E-state index contributed by atoms with van der Waals surface area (Å²) in [5, 5.41) is 5.31. The minimum Gasteiger partial charge on any atom is -0.351 e. The molecule has 1 unspecified atom stereocenters. The average molecular weight is 398 g/mol. The molecule has 1 saturated heterocycles. The summed E-state index contributed by atoms with van der Waals surface area (Å²) in [7, 11) is 0. The number of rotatable bonds is 6. The minimum atomic E-state index is 0.125. The first-order valence-electron chi connectivity index (χ1n) is 10.5. The Hall–Kier alpha value is -1.69. The Morgan fingerprint density at radius 3 is 2.89 bits per heavy atom. The van der Waals surface area contributed by atoms with E-state index in [9.17, 15) is 4.79 Å². The summed E-state index contributed by atoms with van der Waals surface area (Å²) in [6, 6.07) is 10.7. The third-order valence-electron chi connectivity index (χ3n) is 5.98. The minimum absolute atomic E-state index is 0.125. The number of nitrogens with one attached hydrogen (secondary N) is 1. The SMILES string of the molecule is CC1CCCN(Cc2ccccc2CNC(=O)CN2CCc3sccc3C2)C1. The van der Waals surface area contributed by atoms with Gasteiger partial charge in [-0.25, -0.2) is 0 Å². The molecular weight excluding hydrogens is 366 g/mol. The molecule has 2 aliphatic rings. The van der Waals surface area contributed by atoms with Crippen molar-refractivity contribution in [3.8, 4) is 0 Å². The van der Waals surface area contributed by atoms with Gasteiger partial charge in [0.25, 0.3) is 0 Å². The zero-order valence-corrected chi connectivity index (χ0v) is 17.6. The highest BCUT2D eigenvalue weighted by Gasteiger charge is 2.20. The Labute approximate surface area is 172 Å². The normalized spacial score (nSPS) is 20.7. The van der Waals surface area contributed by atoms with Crippen molar-refractivity contribution in [3.05, 3.63) is 57.3 Å². The van der Waals surface area contributed by atoms with Crippen molar-refractivity contribution >= 4 is 17.2 Å². The summed E-state index contributed by atoms with van der Waals surface area (Å²) in [5.74, 6) is 0.911. The van der Waals surface area contributed by atoms with E-state index in [0.717, 1.165) is 32.0 Å². The van der Waals surface area contributed by atoms with E-state index in [0.29, 0.717) is 13.1 Å². The predicted molar refractivity (Wildman–Crippen MR) is 115 cm³/mol. The summed E-state index contributed by atoms with van der Waals surface area (Å²) >= 11 is 1.84. The molecule has 4 nitrogen and oxygen atoms in total. The van der Waals surface area contributed by atoms with Crippen LogP contribution in [0.3, 0.4) is 0 Å².